The second-order valence-corrected chi connectivity index (χ2v) is 3.43. The Labute approximate surface area is 96.0 Å². The minimum Gasteiger partial charge on any atom is -0.268 e. The van der Waals surface area contributed by atoms with Crippen molar-refractivity contribution in [3.63, 3.8) is 0 Å². The molecule has 82 valence electrons. The number of rotatable bonds is 1. The maximum Gasteiger partial charge on any atom is 0.268 e. The van der Waals surface area contributed by atoms with Crippen molar-refractivity contribution < 1.29 is 9.59 Å². The first-order valence-corrected chi connectivity index (χ1v) is 4.89. The molecular formula is C11H6N4O2. The summed E-state index contributed by atoms with van der Waals surface area (Å²) in [6, 6.07) is 6.63. The second kappa shape index (κ2) is 3.44. The van der Waals surface area contributed by atoms with Crippen LogP contribution in [-0.4, -0.2) is 26.8 Å². The summed E-state index contributed by atoms with van der Waals surface area (Å²) in [5, 5.41) is 0. The Balaban J connectivity index is 2.13. The smallest absolute Gasteiger partial charge is 0.268 e. The molecule has 0 bridgehead atoms. The average molecular weight is 226 g/mol. The molecule has 0 saturated carbocycles. The molecule has 2 aromatic rings. The van der Waals surface area contributed by atoms with Crippen LogP contribution in [0, 0.1) is 0 Å². The highest BCUT2D eigenvalue weighted by Gasteiger charge is 2.37. The summed E-state index contributed by atoms with van der Waals surface area (Å²) in [5.41, 5.74) is 0.746. The highest BCUT2D eigenvalue weighted by Crippen LogP contribution is 2.24. The molecule has 2 heterocycles. The molecule has 6 nitrogen and oxygen atoms in total. The van der Waals surface area contributed by atoms with Gasteiger partial charge in [0.25, 0.3) is 11.8 Å². The van der Waals surface area contributed by atoms with Gasteiger partial charge >= 0.3 is 0 Å². The van der Waals surface area contributed by atoms with Gasteiger partial charge in [0.1, 0.15) is 12.7 Å². The van der Waals surface area contributed by atoms with Gasteiger partial charge in [-0.25, -0.2) is 19.9 Å². The van der Waals surface area contributed by atoms with Gasteiger partial charge in [0.2, 0.25) is 5.95 Å². The zero-order chi connectivity index (χ0) is 11.8. The van der Waals surface area contributed by atoms with Crippen LogP contribution in [0.4, 0.5) is 5.95 Å². The number of nitrogens with zero attached hydrogens (tertiary/aromatic N) is 4. The van der Waals surface area contributed by atoms with Crippen LogP contribution in [0.3, 0.4) is 0 Å². The van der Waals surface area contributed by atoms with Crippen molar-refractivity contribution in [1.29, 1.82) is 0 Å². The molecule has 0 saturated heterocycles. The quantitative estimate of drug-likeness (QED) is 0.668. The summed E-state index contributed by atoms with van der Waals surface area (Å²) >= 11 is 0. The van der Waals surface area contributed by atoms with Gasteiger partial charge in [-0.1, -0.05) is 12.1 Å². The van der Waals surface area contributed by atoms with Gasteiger partial charge in [-0.15, -0.1) is 0 Å². The van der Waals surface area contributed by atoms with Crippen LogP contribution in [0.1, 0.15) is 20.7 Å². The van der Waals surface area contributed by atoms with Crippen LogP contribution in [0.15, 0.2) is 36.9 Å². The molecule has 2 amide bonds. The first kappa shape index (κ1) is 9.59. The fraction of sp³-hybridized carbons (Fsp3) is 0. The maximum atomic E-state index is 12.0. The summed E-state index contributed by atoms with van der Waals surface area (Å²) < 4.78 is 0. The van der Waals surface area contributed by atoms with E-state index in [-0.39, 0.29) is 5.95 Å². The third kappa shape index (κ3) is 1.31. The Morgan fingerprint density at radius 3 is 1.94 bits per heavy atom. The summed E-state index contributed by atoms with van der Waals surface area (Å²) in [7, 11) is 0. The van der Waals surface area contributed by atoms with E-state index in [0.29, 0.717) is 11.1 Å². The Morgan fingerprint density at radius 1 is 0.882 bits per heavy atom. The molecule has 1 aromatic carbocycles. The van der Waals surface area contributed by atoms with Crippen LogP contribution in [-0.2, 0) is 0 Å². The molecule has 3 rings (SSSR count). The van der Waals surface area contributed by atoms with Crippen LogP contribution < -0.4 is 4.90 Å². The van der Waals surface area contributed by atoms with E-state index in [0.717, 1.165) is 4.90 Å². The molecule has 0 spiro atoms. The lowest BCUT2D eigenvalue weighted by Crippen LogP contribution is -2.31. The molecule has 0 N–H and O–H groups in total. The van der Waals surface area contributed by atoms with Crippen molar-refractivity contribution >= 4 is 17.8 Å². The van der Waals surface area contributed by atoms with E-state index >= 15 is 0 Å². The van der Waals surface area contributed by atoms with Gasteiger partial charge in [-0.2, -0.15) is 0 Å². The number of benzene rings is 1. The van der Waals surface area contributed by atoms with Gasteiger partial charge in [0.15, 0.2) is 0 Å². The van der Waals surface area contributed by atoms with E-state index < -0.39 is 11.8 Å². The maximum absolute atomic E-state index is 12.0. The number of anilines is 1. The third-order valence-corrected chi connectivity index (χ3v) is 2.47. The number of hydrogen-bond donors (Lipinski definition) is 0. The van der Waals surface area contributed by atoms with Crippen molar-refractivity contribution in [3.8, 4) is 0 Å². The molecule has 17 heavy (non-hydrogen) atoms. The topological polar surface area (TPSA) is 76.1 Å². The van der Waals surface area contributed by atoms with Gasteiger partial charge in [-0.3, -0.25) is 9.59 Å². The molecular weight excluding hydrogens is 220 g/mol. The molecule has 1 aromatic heterocycles. The molecule has 0 atom stereocenters. The van der Waals surface area contributed by atoms with E-state index in [2.05, 4.69) is 15.0 Å². The number of carbonyl (C=O) groups is 2. The molecule has 0 aliphatic carbocycles. The predicted molar refractivity (Wildman–Crippen MR) is 57.4 cm³/mol. The van der Waals surface area contributed by atoms with Crippen LogP contribution in [0.25, 0.3) is 0 Å². The van der Waals surface area contributed by atoms with E-state index in [1.54, 1.807) is 24.3 Å². The number of carbonyl (C=O) groups excluding carboxylic acids is 2. The van der Waals surface area contributed by atoms with E-state index in [1.807, 2.05) is 0 Å². The number of fused-ring (bicyclic) bond motifs is 1. The predicted octanol–water partition coefficient (Wildman–Crippen LogP) is 0.672. The minimum atomic E-state index is -0.406. The second-order valence-electron chi connectivity index (χ2n) is 3.43. The monoisotopic (exact) mass is 226 g/mol. The lowest BCUT2D eigenvalue weighted by atomic mass is 10.1. The summed E-state index contributed by atoms with van der Waals surface area (Å²) in [6.07, 6.45) is 2.48. The lowest BCUT2D eigenvalue weighted by Gasteiger charge is -2.09. The fourth-order valence-electron chi connectivity index (χ4n) is 1.72. The largest absolute Gasteiger partial charge is 0.268 e. The first-order chi connectivity index (χ1) is 8.29. The van der Waals surface area contributed by atoms with Crippen molar-refractivity contribution in [2.24, 2.45) is 0 Å². The van der Waals surface area contributed by atoms with Crippen LogP contribution in [0.5, 0.6) is 0 Å². The SMILES string of the molecule is O=C1c2ccccc2C(=O)N1c1ncncn1. The number of imide groups is 1. The van der Waals surface area contributed by atoms with Crippen molar-refractivity contribution in [2.45, 2.75) is 0 Å². The number of hydrogen-bond acceptors (Lipinski definition) is 5. The number of aromatic nitrogens is 3. The van der Waals surface area contributed by atoms with Gasteiger partial charge in [-0.05, 0) is 12.1 Å². The fourth-order valence-corrected chi connectivity index (χ4v) is 1.72. The third-order valence-electron chi connectivity index (χ3n) is 2.47. The van der Waals surface area contributed by atoms with Gasteiger partial charge < -0.3 is 0 Å². The Bertz CT molecular complexity index is 577. The van der Waals surface area contributed by atoms with Crippen LogP contribution >= 0.6 is 0 Å². The Hall–Kier alpha value is -2.63. The normalized spacial score (nSPS) is 14.0. The number of amides is 2. The summed E-state index contributed by atoms with van der Waals surface area (Å²) in [6.45, 7) is 0. The van der Waals surface area contributed by atoms with Crippen molar-refractivity contribution in [1.82, 2.24) is 15.0 Å². The highest BCUT2D eigenvalue weighted by molar-refractivity contribution is 6.33. The average Bonchev–Trinajstić information content (AvgIpc) is 2.64. The molecule has 6 heteroatoms. The summed E-state index contributed by atoms with van der Waals surface area (Å²) in [5.74, 6) is -0.764. The first-order valence-electron chi connectivity index (χ1n) is 4.89. The van der Waals surface area contributed by atoms with Gasteiger partial charge in [0, 0.05) is 0 Å². The Kier molecular flexibility index (Phi) is 1.94. The molecule has 0 radical (unpaired) electrons. The van der Waals surface area contributed by atoms with Gasteiger partial charge in [0.05, 0.1) is 11.1 Å². The van der Waals surface area contributed by atoms with Crippen molar-refractivity contribution in [2.75, 3.05) is 4.90 Å². The molecule has 1 aliphatic rings. The zero-order valence-corrected chi connectivity index (χ0v) is 8.57. The van der Waals surface area contributed by atoms with E-state index in [4.69, 9.17) is 0 Å². The molecule has 1 aliphatic heterocycles. The standard InChI is InChI=1S/C11H6N4O2/c16-9-7-3-1-2-4-8(7)10(17)15(9)11-13-5-12-6-14-11/h1-6H. The van der Waals surface area contributed by atoms with Crippen molar-refractivity contribution in [3.05, 3.63) is 48.0 Å². The molecule has 0 fully saturated rings. The minimum absolute atomic E-state index is 0.0474. The zero-order valence-electron chi connectivity index (χ0n) is 8.57. The Morgan fingerprint density at radius 2 is 1.41 bits per heavy atom. The van der Waals surface area contributed by atoms with Crippen LogP contribution in [0.2, 0.25) is 0 Å². The van der Waals surface area contributed by atoms with E-state index in [9.17, 15) is 9.59 Å². The van der Waals surface area contributed by atoms with E-state index in [1.165, 1.54) is 12.7 Å². The summed E-state index contributed by atoms with van der Waals surface area (Å²) in [4.78, 5) is 36.2. The highest BCUT2D eigenvalue weighted by atomic mass is 16.2. The molecule has 0 unspecified atom stereocenters. The lowest BCUT2D eigenvalue weighted by molar-refractivity contribution is 0.0924.